The first kappa shape index (κ1) is 14.5. The van der Waals surface area contributed by atoms with Crippen LogP contribution in [-0.2, 0) is 9.53 Å². The molecule has 0 spiro atoms. The Morgan fingerprint density at radius 1 is 1.59 bits per heavy atom. The van der Waals surface area contributed by atoms with Gasteiger partial charge in [-0.3, -0.25) is 4.79 Å². The van der Waals surface area contributed by atoms with E-state index in [4.69, 9.17) is 11.6 Å². The number of ether oxygens (including phenoxy) is 1. The maximum atomic E-state index is 11.1. The molecule has 0 aliphatic carbocycles. The summed E-state index contributed by atoms with van der Waals surface area (Å²) >= 11 is 9.16. The highest BCUT2D eigenvalue weighted by Gasteiger charge is 2.20. The van der Waals surface area contributed by atoms with Gasteiger partial charge in [0.2, 0.25) is 0 Å². The number of methoxy groups -OCH3 is 1. The van der Waals surface area contributed by atoms with Crippen LogP contribution in [0.1, 0.15) is 25.0 Å². The molecule has 1 aromatic carbocycles. The molecule has 0 aromatic heterocycles. The van der Waals surface area contributed by atoms with Crippen molar-refractivity contribution in [2.24, 2.45) is 5.92 Å². The van der Waals surface area contributed by atoms with E-state index in [-0.39, 0.29) is 18.3 Å². The minimum absolute atomic E-state index is 0.178. The lowest BCUT2D eigenvalue weighted by atomic mass is 9.95. The molecule has 94 valence electrons. The van der Waals surface area contributed by atoms with Gasteiger partial charge >= 0.3 is 5.97 Å². The molecule has 0 saturated carbocycles. The normalized spacial score (nSPS) is 14.2. The zero-order valence-electron chi connectivity index (χ0n) is 9.61. The Kier molecular flexibility index (Phi) is 5.43. The molecule has 0 heterocycles. The lowest BCUT2D eigenvalue weighted by molar-refractivity contribution is -0.142. The Morgan fingerprint density at radius 3 is 2.76 bits per heavy atom. The Morgan fingerprint density at radius 2 is 2.24 bits per heavy atom. The molecule has 17 heavy (non-hydrogen) atoms. The average molecular weight is 322 g/mol. The minimum Gasteiger partial charge on any atom is -0.469 e. The van der Waals surface area contributed by atoms with E-state index in [9.17, 15) is 9.90 Å². The first-order valence-electron chi connectivity index (χ1n) is 5.15. The molecular formula is C12H14BrClO3. The van der Waals surface area contributed by atoms with Crippen LogP contribution in [0.2, 0.25) is 5.02 Å². The Balaban J connectivity index is 2.77. The van der Waals surface area contributed by atoms with Crippen LogP contribution in [0.4, 0.5) is 0 Å². The standard InChI is InChI=1S/C12H14BrClO3/c1-7(5-11(15)17-2)12(16)8-3-4-10(14)9(13)6-8/h3-4,6-7,12,16H,5H2,1-2H3. The summed E-state index contributed by atoms with van der Waals surface area (Å²) in [7, 11) is 1.33. The highest BCUT2D eigenvalue weighted by atomic mass is 79.9. The van der Waals surface area contributed by atoms with Crippen LogP contribution in [0.15, 0.2) is 22.7 Å². The third-order valence-corrected chi connectivity index (χ3v) is 3.75. The summed E-state index contributed by atoms with van der Waals surface area (Å²) in [6.45, 7) is 1.80. The number of hydrogen-bond acceptors (Lipinski definition) is 3. The molecule has 3 nitrogen and oxygen atoms in total. The molecule has 0 fully saturated rings. The van der Waals surface area contributed by atoms with Gasteiger partial charge in [-0.1, -0.05) is 24.6 Å². The molecule has 0 aliphatic heterocycles. The van der Waals surface area contributed by atoms with Crippen LogP contribution in [0, 0.1) is 5.92 Å². The van der Waals surface area contributed by atoms with Crippen LogP contribution < -0.4 is 0 Å². The molecular weight excluding hydrogens is 307 g/mol. The smallest absolute Gasteiger partial charge is 0.305 e. The predicted molar refractivity (Wildman–Crippen MR) is 69.9 cm³/mol. The summed E-state index contributed by atoms with van der Waals surface area (Å²) < 4.78 is 5.29. The van der Waals surface area contributed by atoms with E-state index in [2.05, 4.69) is 20.7 Å². The SMILES string of the molecule is COC(=O)CC(C)C(O)c1ccc(Cl)c(Br)c1. The van der Waals surface area contributed by atoms with Crippen molar-refractivity contribution >= 4 is 33.5 Å². The average Bonchev–Trinajstić information content (AvgIpc) is 2.31. The van der Waals surface area contributed by atoms with Crippen LogP contribution in [0.5, 0.6) is 0 Å². The summed E-state index contributed by atoms with van der Waals surface area (Å²) in [4.78, 5) is 11.1. The number of benzene rings is 1. The number of aliphatic hydroxyl groups excluding tert-OH is 1. The van der Waals surface area contributed by atoms with E-state index in [0.29, 0.717) is 5.02 Å². The minimum atomic E-state index is -0.720. The first-order chi connectivity index (χ1) is 7.95. The number of halogens is 2. The van der Waals surface area contributed by atoms with E-state index < -0.39 is 6.10 Å². The summed E-state index contributed by atoms with van der Waals surface area (Å²) in [5.74, 6) is -0.542. The van der Waals surface area contributed by atoms with Crippen molar-refractivity contribution in [1.82, 2.24) is 0 Å². The number of carbonyl (C=O) groups excluding carboxylic acids is 1. The molecule has 0 bridgehead atoms. The van der Waals surface area contributed by atoms with Crippen molar-refractivity contribution in [2.45, 2.75) is 19.4 Å². The van der Waals surface area contributed by atoms with Gasteiger partial charge < -0.3 is 9.84 Å². The van der Waals surface area contributed by atoms with E-state index >= 15 is 0 Å². The molecule has 1 N–H and O–H groups in total. The second-order valence-corrected chi connectivity index (χ2v) is 5.14. The Labute approximate surface area is 114 Å². The summed E-state index contributed by atoms with van der Waals surface area (Å²) in [6.07, 6.45) is -0.541. The van der Waals surface area contributed by atoms with E-state index in [1.54, 1.807) is 25.1 Å². The molecule has 0 radical (unpaired) electrons. The molecule has 1 rings (SSSR count). The highest BCUT2D eigenvalue weighted by Crippen LogP contribution is 2.30. The van der Waals surface area contributed by atoms with Crippen LogP contribution in [-0.4, -0.2) is 18.2 Å². The van der Waals surface area contributed by atoms with Gasteiger partial charge in [-0.2, -0.15) is 0 Å². The molecule has 2 atom stereocenters. The monoisotopic (exact) mass is 320 g/mol. The van der Waals surface area contributed by atoms with Gasteiger partial charge in [-0.15, -0.1) is 0 Å². The highest BCUT2D eigenvalue weighted by molar-refractivity contribution is 9.10. The number of esters is 1. The van der Waals surface area contributed by atoms with Crippen molar-refractivity contribution in [3.05, 3.63) is 33.3 Å². The molecule has 2 unspecified atom stereocenters. The zero-order chi connectivity index (χ0) is 13.0. The lowest BCUT2D eigenvalue weighted by Gasteiger charge is -2.18. The quantitative estimate of drug-likeness (QED) is 0.865. The van der Waals surface area contributed by atoms with Gasteiger partial charge in [-0.05, 0) is 39.5 Å². The largest absolute Gasteiger partial charge is 0.469 e. The maximum absolute atomic E-state index is 11.1. The van der Waals surface area contributed by atoms with Crippen molar-refractivity contribution < 1.29 is 14.6 Å². The fourth-order valence-corrected chi connectivity index (χ4v) is 2.00. The molecule has 5 heteroatoms. The maximum Gasteiger partial charge on any atom is 0.305 e. The molecule has 1 aromatic rings. The van der Waals surface area contributed by atoms with Gasteiger partial charge in [0.25, 0.3) is 0 Å². The van der Waals surface area contributed by atoms with Crippen molar-refractivity contribution in [3.8, 4) is 0 Å². The van der Waals surface area contributed by atoms with Gasteiger partial charge in [0.1, 0.15) is 0 Å². The van der Waals surface area contributed by atoms with E-state index in [0.717, 1.165) is 10.0 Å². The fourth-order valence-electron chi connectivity index (χ4n) is 1.48. The third kappa shape index (κ3) is 3.98. The summed E-state index contributed by atoms with van der Waals surface area (Å²) in [6, 6.07) is 5.20. The zero-order valence-corrected chi connectivity index (χ0v) is 12.0. The molecule has 0 aliphatic rings. The number of carbonyl (C=O) groups is 1. The molecule has 0 amide bonds. The number of aliphatic hydroxyl groups is 1. The first-order valence-corrected chi connectivity index (χ1v) is 6.32. The molecule has 0 saturated heterocycles. The van der Waals surface area contributed by atoms with E-state index in [1.807, 2.05) is 0 Å². The van der Waals surface area contributed by atoms with Crippen LogP contribution >= 0.6 is 27.5 Å². The summed E-state index contributed by atoms with van der Waals surface area (Å²) in [5, 5.41) is 10.7. The topological polar surface area (TPSA) is 46.5 Å². The van der Waals surface area contributed by atoms with Crippen LogP contribution in [0.25, 0.3) is 0 Å². The van der Waals surface area contributed by atoms with Crippen LogP contribution in [0.3, 0.4) is 0 Å². The number of rotatable bonds is 4. The van der Waals surface area contributed by atoms with Gasteiger partial charge in [0, 0.05) is 4.47 Å². The van der Waals surface area contributed by atoms with Gasteiger partial charge in [-0.25, -0.2) is 0 Å². The van der Waals surface area contributed by atoms with Gasteiger partial charge in [0.05, 0.1) is 24.7 Å². The fraction of sp³-hybridized carbons (Fsp3) is 0.417. The van der Waals surface area contributed by atoms with Crippen molar-refractivity contribution in [3.63, 3.8) is 0 Å². The van der Waals surface area contributed by atoms with Crippen molar-refractivity contribution in [2.75, 3.05) is 7.11 Å². The second kappa shape index (κ2) is 6.38. The predicted octanol–water partition coefficient (Wildman–Crippen LogP) is 3.34. The van der Waals surface area contributed by atoms with E-state index in [1.165, 1.54) is 7.11 Å². The third-order valence-electron chi connectivity index (χ3n) is 2.54. The summed E-state index contributed by atoms with van der Waals surface area (Å²) in [5.41, 5.74) is 0.720. The Bertz CT molecular complexity index is 409. The lowest BCUT2D eigenvalue weighted by Crippen LogP contribution is -2.14. The van der Waals surface area contributed by atoms with Gasteiger partial charge in [0.15, 0.2) is 0 Å². The number of hydrogen-bond donors (Lipinski definition) is 1. The Hall–Kier alpha value is -0.580. The second-order valence-electron chi connectivity index (χ2n) is 3.88. The van der Waals surface area contributed by atoms with Crippen molar-refractivity contribution in [1.29, 1.82) is 0 Å².